The molecule has 0 bridgehead atoms. The van der Waals surface area contributed by atoms with E-state index in [9.17, 15) is 10.1 Å². The number of nitrogen functional groups attached to an aromatic ring is 1. The van der Waals surface area contributed by atoms with Gasteiger partial charge in [0.15, 0.2) is 11.5 Å². The second-order valence-corrected chi connectivity index (χ2v) is 4.88. The molecule has 9 heteroatoms. The van der Waals surface area contributed by atoms with Crippen LogP contribution in [0, 0.1) is 10.1 Å². The van der Waals surface area contributed by atoms with Crippen molar-refractivity contribution >= 4 is 23.1 Å². The molecule has 0 atom stereocenters. The van der Waals surface area contributed by atoms with E-state index in [0.29, 0.717) is 17.2 Å². The van der Waals surface area contributed by atoms with Crippen LogP contribution in [0.25, 0.3) is 0 Å². The third-order valence-electron chi connectivity index (χ3n) is 2.78. The highest BCUT2D eigenvalue weighted by atomic mass is 16.6. The zero-order valence-electron chi connectivity index (χ0n) is 12.9. The van der Waals surface area contributed by atoms with Gasteiger partial charge in [-0.2, -0.15) is 4.98 Å². The Balaban J connectivity index is 2.23. The summed E-state index contributed by atoms with van der Waals surface area (Å²) in [4.78, 5) is 17.8. The van der Waals surface area contributed by atoms with Crippen molar-refractivity contribution in [3.8, 4) is 11.5 Å². The van der Waals surface area contributed by atoms with Crippen LogP contribution in [-0.4, -0.2) is 28.1 Å². The molecule has 1 aromatic heterocycles. The van der Waals surface area contributed by atoms with Crippen LogP contribution >= 0.6 is 0 Å². The lowest BCUT2D eigenvalue weighted by Crippen LogP contribution is -2.07. The van der Waals surface area contributed by atoms with Gasteiger partial charge in [-0.15, -0.1) is 0 Å². The molecule has 1 aromatic carbocycles. The van der Waals surface area contributed by atoms with Crippen LogP contribution in [0.4, 0.5) is 23.1 Å². The third kappa shape index (κ3) is 3.96. The van der Waals surface area contributed by atoms with Crippen molar-refractivity contribution in [3.63, 3.8) is 0 Å². The van der Waals surface area contributed by atoms with Gasteiger partial charge in [0.05, 0.1) is 18.1 Å². The maximum Gasteiger partial charge on any atom is 0.329 e. The van der Waals surface area contributed by atoms with Crippen LogP contribution in [0.5, 0.6) is 11.5 Å². The minimum absolute atomic E-state index is 0.0144. The molecule has 1 heterocycles. The van der Waals surface area contributed by atoms with Crippen molar-refractivity contribution < 1.29 is 14.4 Å². The van der Waals surface area contributed by atoms with Crippen LogP contribution in [0.15, 0.2) is 24.4 Å². The number of nitrogens with two attached hydrogens (primary N) is 1. The first kappa shape index (κ1) is 16.3. The summed E-state index contributed by atoms with van der Waals surface area (Å²) in [5.74, 6) is 1.09. The van der Waals surface area contributed by atoms with Gasteiger partial charge < -0.3 is 20.5 Å². The molecule has 2 rings (SSSR count). The number of nitro groups is 1. The Morgan fingerprint density at radius 1 is 1.35 bits per heavy atom. The molecular formula is C14H17N5O4. The molecule has 0 radical (unpaired) electrons. The van der Waals surface area contributed by atoms with Crippen molar-refractivity contribution in [1.29, 1.82) is 0 Å². The fourth-order valence-electron chi connectivity index (χ4n) is 1.82. The predicted octanol–water partition coefficient (Wildman–Crippen LogP) is 2.51. The second-order valence-electron chi connectivity index (χ2n) is 4.88. The van der Waals surface area contributed by atoms with Crippen molar-refractivity contribution in [2.45, 2.75) is 20.0 Å². The third-order valence-corrected chi connectivity index (χ3v) is 2.78. The molecule has 122 valence electrons. The number of rotatable bonds is 6. The van der Waals surface area contributed by atoms with Crippen LogP contribution in [-0.2, 0) is 0 Å². The molecule has 0 aliphatic heterocycles. The highest BCUT2D eigenvalue weighted by Crippen LogP contribution is 2.32. The van der Waals surface area contributed by atoms with Crippen molar-refractivity contribution in [2.24, 2.45) is 0 Å². The summed E-state index contributed by atoms with van der Waals surface area (Å²) in [5, 5.41) is 13.6. The smallest absolute Gasteiger partial charge is 0.329 e. The van der Waals surface area contributed by atoms with Gasteiger partial charge in [0.2, 0.25) is 11.8 Å². The number of anilines is 3. The zero-order chi connectivity index (χ0) is 17.0. The standard InChI is InChI=1S/C14H17N5O4/c1-8(2)23-11-5-4-9(6-12(11)22-3)17-14-16-7-10(19(20)21)13(15)18-14/h4-8H,1-3H3,(H3,15,16,17,18). The molecule has 0 aliphatic rings. The predicted molar refractivity (Wildman–Crippen MR) is 85.1 cm³/mol. The number of aromatic nitrogens is 2. The van der Waals surface area contributed by atoms with Crippen molar-refractivity contribution in [3.05, 3.63) is 34.5 Å². The lowest BCUT2D eigenvalue weighted by molar-refractivity contribution is -0.384. The van der Waals surface area contributed by atoms with Crippen LogP contribution < -0.4 is 20.5 Å². The molecule has 0 amide bonds. The van der Waals surface area contributed by atoms with Crippen LogP contribution in [0.1, 0.15) is 13.8 Å². The number of hydrogen-bond acceptors (Lipinski definition) is 8. The van der Waals surface area contributed by atoms with E-state index in [1.165, 1.54) is 7.11 Å². The molecule has 0 spiro atoms. The van der Waals surface area contributed by atoms with Crippen molar-refractivity contribution in [2.75, 3.05) is 18.2 Å². The highest BCUT2D eigenvalue weighted by Gasteiger charge is 2.15. The normalized spacial score (nSPS) is 10.4. The average molecular weight is 319 g/mol. The van der Waals surface area contributed by atoms with E-state index in [-0.39, 0.29) is 23.6 Å². The van der Waals surface area contributed by atoms with Gasteiger partial charge in [-0.1, -0.05) is 0 Å². The minimum Gasteiger partial charge on any atom is -0.493 e. The summed E-state index contributed by atoms with van der Waals surface area (Å²) in [5.41, 5.74) is 5.83. The first-order chi connectivity index (χ1) is 10.9. The Morgan fingerprint density at radius 3 is 2.65 bits per heavy atom. The summed E-state index contributed by atoms with van der Waals surface area (Å²) in [6.45, 7) is 3.83. The Labute approximate surface area is 132 Å². The molecule has 9 nitrogen and oxygen atoms in total. The van der Waals surface area contributed by atoms with E-state index in [2.05, 4.69) is 15.3 Å². The lowest BCUT2D eigenvalue weighted by Gasteiger charge is -2.14. The van der Waals surface area contributed by atoms with Gasteiger partial charge in [-0.3, -0.25) is 10.1 Å². The van der Waals surface area contributed by atoms with E-state index < -0.39 is 4.92 Å². The van der Waals surface area contributed by atoms with Gasteiger partial charge in [0.25, 0.3) is 0 Å². The van der Waals surface area contributed by atoms with Gasteiger partial charge in [0, 0.05) is 11.8 Å². The summed E-state index contributed by atoms with van der Waals surface area (Å²) in [6.07, 6.45) is 1.07. The van der Waals surface area contributed by atoms with E-state index in [1.807, 2.05) is 13.8 Å². The monoisotopic (exact) mass is 319 g/mol. The minimum atomic E-state index is -0.639. The summed E-state index contributed by atoms with van der Waals surface area (Å²) in [6, 6.07) is 5.20. The van der Waals surface area contributed by atoms with Crippen LogP contribution in [0.3, 0.4) is 0 Å². The maximum atomic E-state index is 10.7. The molecule has 0 aliphatic carbocycles. The van der Waals surface area contributed by atoms with Gasteiger partial charge in [-0.05, 0) is 26.0 Å². The van der Waals surface area contributed by atoms with Gasteiger partial charge in [-0.25, -0.2) is 4.98 Å². The summed E-state index contributed by atoms with van der Waals surface area (Å²) in [7, 11) is 1.53. The zero-order valence-corrected chi connectivity index (χ0v) is 12.9. The van der Waals surface area contributed by atoms with Gasteiger partial charge in [0.1, 0.15) is 6.20 Å². The SMILES string of the molecule is COc1cc(Nc2ncc([N+](=O)[O-])c(N)n2)ccc1OC(C)C. The Bertz CT molecular complexity index is 720. The Kier molecular flexibility index (Phi) is 4.79. The van der Waals surface area contributed by atoms with Gasteiger partial charge >= 0.3 is 5.69 Å². The first-order valence-electron chi connectivity index (χ1n) is 6.79. The molecule has 0 saturated carbocycles. The largest absolute Gasteiger partial charge is 0.493 e. The van der Waals surface area contributed by atoms with E-state index in [1.54, 1.807) is 18.2 Å². The maximum absolute atomic E-state index is 10.7. The number of nitrogens with zero attached hydrogens (tertiary/aromatic N) is 3. The molecule has 0 saturated heterocycles. The molecule has 2 aromatic rings. The lowest BCUT2D eigenvalue weighted by atomic mass is 10.2. The fraction of sp³-hybridized carbons (Fsp3) is 0.286. The first-order valence-corrected chi connectivity index (χ1v) is 6.79. The molecule has 0 unspecified atom stereocenters. The number of methoxy groups -OCH3 is 1. The summed E-state index contributed by atoms with van der Waals surface area (Å²) < 4.78 is 10.9. The van der Waals surface area contributed by atoms with E-state index >= 15 is 0 Å². The molecular weight excluding hydrogens is 302 g/mol. The second kappa shape index (κ2) is 6.77. The molecule has 3 N–H and O–H groups in total. The number of nitrogens with one attached hydrogen (secondary N) is 1. The molecule has 0 fully saturated rings. The number of benzene rings is 1. The number of ether oxygens (including phenoxy) is 2. The van der Waals surface area contributed by atoms with Crippen LogP contribution in [0.2, 0.25) is 0 Å². The highest BCUT2D eigenvalue weighted by molar-refractivity contribution is 5.62. The summed E-state index contributed by atoms with van der Waals surface area (Å²) >= 11 is 0. The Hall–Kier alpha value is -3.10. The molecule has 23 heavy (non-hydrogen) atoms. The van der Waals surface area contributed by atoms with E-state index in [4.69, 9.17) is 15.2 Å². The van der Waals surface area contributed by atoms with E-state index in [0.717, 1.165) is 6.20 Å². The quantitative estimate of drug-likeness (QED) is 0.614. The number of hydrogen-bond donors (Lipinski definition) is 2. The average Bonchev–Trinajstić information content (AvgIpc) is 2.48. The van der Waals surface area contributed by atoms with Crippen molar-refractivity contribution in [1.82, 2.24) is 9.97 Å². The topological polar surface area (TPSA) is 125 Å². The Morgan fingerprint density at radius 2 is 2.09 bits per heavy atom. The fourth-order valence-corrected chi connectivity index (χ4v) is 1.82.